The molecule has 0 bridgehead atoms. The second-order valence-electron chi connectivity index (χ2n) is 4.64. The minimum Gasteiger partial charge on any atom is -0.374 e. The fraction of sp³-hybridized carbons (Fsp3) is 0.500. The Kier molecular flexibility index (Phi) is 7.15. The van der Waals surface area contributed by atoms with Gasteiger partial charge in [-0.15, -0.1) is 11.8 Å². The molecule has 0 aliphatic carbocycles. The highest BCUT2D eigenvalue weighted by Crippen LogP contribution is 2.19. The summed E-state index contributed by atoms with van der Waals surface area (Å²) >= 11 is 7.51. The number of urea groups is 1. The van der Waals surface area contributed by atoms with E-state index in [1.807, 2.05) is 24.3 Å². The van der Waals surface area contributed by atoms with Gasteiger partial charge in [-0.1, -0.05) is 11.6 Å². The number of nitrogens with one attached hydrogen (secondary N) is 3. The molecule has 2 amide bonds. The highest BCUT2D eigenvalue weighted by molar-refractivity contribution is 7.99. The predicted octanol–water partition coefficient (Wildman–Crippen LogP) is 1.72. The molecule has 116 valence electrons. The number of ether oxygens (including phenoxy) is 1. The molecule has 2 rings (SSSR count). The van der Waals surface area contributed by atoms with E-state index in [0.29, 0.717) is 19.7 Å². The van der Waals surface area contributed by atoms with E-state index in [2.05, 4.69) is 16.0 Å². The van der Waals surface area contributed by atoms with E-state index >= 15 is 0 Å². The van der Waals surface area contributed by atoms with Crippen LogP contribution in [0.2, 0.25) is 5.02 Å². The Balaban J connectivity index is 1.53. The summed E-state index contributed by atoms with van der Waals surface area (Å²) in [7, 11) is 0. The molecule has 0 spiro atoms. The molecule has 1 atom stereocenters. The number of benzene rings is 1. The van der Waals surface area contributed by atoms with Gasteiger partial charge >= 0.3 is 6.03 Å². The number of hydrogen-bond donors (Lipinski definition) is 3. The number of amides is 2. The van der Waals surface area contributed by atoms with Crippen molar-refractivity contribution in [3.63, 3.8) is 0 Å². The van der Waals surface area contributed by atoms with Gasteiger partial charge in [0, 0.05) is 41.8 Å². The van der Waals surface area contributed by atoms with Gasteiger partial charge in [0.1, 0.15) is 0 Å². The third kappa shape index (κ3) is 6.56. The van der Waals surface area contributed by atoms with E-state index in [1.54, 1.807) is 11.8 Å². The first kappa shape index (κ1) is 16.4. The number of rotatable bonds is 6. The molecule has 1 aliphatic rings. The van der Waals surface area contributed by atoms with Crippen molar-refractivity contribution >= 4 is 29.4 Å². The van der Waals surface area contributed by atoms with Crippen LogP contribution in [0, 0.1) is 0 Å². The highest BCUT2D eigenvalue weighted by atomic mass is 35.5. The zero-order chi connectivity index (χ0) is 14.9. The molecule has 1 aromatic rings. The number of thioether (sulfide) groups is 1. The summed E-state index contributed by atoms with van der Waals surface area (Å²) in [6.07, 6.45) is 0.0629. The van der Waals surface area contributed by atoms with Gasteiger partial charge < -0.3 is 20.7 Å². The van der Waals surface area contributed by atoms with Crippen molar-refractivity contribution in [1.82, 2.24) is 16.0 Å². The summed E-state index contributed by atoms with van der Waals surface area (Å²) < 4.78 is 5.50. The molecular weight excluding hydrogens is 310 g/mol. The maximum atomic E-state index is 11.6. The van der Waals surface area contributed by atoms with Crippen LogP contribution < -0.4 is 16.0 Å². The van der Waals surface area contributed by atoms with Crippen molar-refractivity contribution in [3.8, 4) is 0 Å². The zero-order valence-corrected chi connectivity index (χ0v) is 13.3. The van der Waals surface area contributed by atoms with Crippen LogP contribution in [0.25, 0.3) is 0 Å². The maximum absolute atomic E-state index is 11.6. The Labute approximate surface area is 134 Å². The Hall–Kier alpha value is -0.950. The van der Waals surface area contributed by atoms with E-state index in [-0.39, 0.29) is 12.1 Å². The molecule has 5 nitrogen and oxygen atoms in total. The molecule has 1 saturated heterocycles. The smallest absolute Gasteiger partial charge is 0.314 e. The topological polar surface area (TPSA) is 62.4 Å². The van der Waals surface area contributed by atoms with Crippen molar-refractivity contribution in [1.29, 1.82) is 0 Å². The van der Waals surface area contributed by atoms with Crippen molar-refractivity contribution < 1.29 is 9.53 Å². The lowest BCUT2D eigenvalue weighted by atomic mass is 10.3. The van der Waals surface area contributed by atoms with E-state index in [4.69, 9.17) is 16.3 Å². The van der Waals surface area contributed by atoms with Crippen LogP contribution in [0.5, 0.6) is 0 Å². The van der Waals surface area contributed by atoms with E-state index in [1.165, 1.54) is 0 Å². The lowest BCUT2D eigenvalue weighted by Crippen LogP contribution is -2.47. The van der Waals surface area contributed by atoms with E-state index in [0.717, 1.165) is 28.8 Å². The van der Waals surface area contributed by atoms with E-state index in [9.17, 15) is 4.79 Å². The van der Waals surface area contributed by atoms with Crippen molar-refractivity contribution in [2.24, 2.45) is 0 Å². The number of morpholine rings is 1. The molecule has 7 heteroatoms. The number of hydrogen-bond acceptors (Lipinski definition) is 4. The molecule has 0 radical (unpaired) electrons. The lowest BCUT2D eigenvalue weighted by molar-refractivity contribution is 0.0307. The minimum atomic E-state index is -0.152. The van der Waals surface area contributed by atoms with Crippen LogP contribution in [0.15, 0.2) is 29.2 Å². The third-order valence-electron chi connectivity index (χ3n) is 2.96. The summed E-state index contributed by atoms with van der Waals surface area (Å²) in [5, 5.41) is 9.60. The first-order valence-corrected chi connectivity index (χ1v) is 8.33. The Morgan fingerprint density at radius 1 is 1.38 bits per heavy atom. The van der Waals surface area contributed by atoms with Gasteiger partial charge in [0.05, 0.1) is 12.7 Å². The zero-order valence-electron chi connectivity index (χ0n) is 11.7. The van der Waals surface area contributed by atoms with Gasteiger partial charge in [0.15, 0.2) is 0 Å². The molecule has 0 saturated carbocycles. The van der Waals surface area contributed by atoms with Crippen molar-refractivity contribution in [2.45, 2.75) is 11.0 Å². The van der Waals surface area contributed by atoms with Gasteiger partial charge in [-0.25, -0.2) is 4.79 Å². The fourth-order valence-corrected chi connectivity index (χ4v) is 2.78. The molecule has 1 fully saturated rings. The maximum Gasteiger partial charge on any atom is 0.314 e. The summed E-state index contributed by atoms with van der Waals surface area (Å²) in [5.41, 5.74) is 0. The Bertz CT molecular complexity index is 438. The van der Waals surface area contributed by atoms with Crippen LogP contribution in [-0.4, -0.2) is 50.7 Å². The summed E-state index contributed by atoms with van der Waals surface area (Å²) in [6, 6.07) is 7.52. The number of carbonyl (C=O) groups is 1. The molecule has 1 aromatic carbocycles. The van der Waals surface area contributed by atoms with Crippen molar-refractivity contribution in [2.75, 3.05) is 38.5 Å². The fourth-order valence-electron chi connectivity index (χ4n) is 1.88. The van der Waals surface area contributed by atoms with Crippen LogP contribution in [0.3, 0.4) is 0 Å². The second kappa shape index (κ2) is 9.15. The van der Waals surface area contributed by atoms with Crippen LogP contribution >= 0.6 is 23.4 Å². The SMILES string of the molecule is O=C(NCCSc1ccc(Cl)cc1)NCC1CNCCO1. The average Bonchev–Trinajstić information content (AvgIpc) is 2.52. The Morgan fingerprint density at radius 3 is 2.90 bits per heavy atom. The highest BCUT2D eigenvalue weighted by Gasteiger charge is 2.13. The molecule has 0 aromatic heterocycles. The molecule has 21 heavy (non-hydrogen) atoms. The molecule has 1 aliphatic heterocycles. The average molecular weight is 330 g/mol. The molecule has 3 N–H and O–H groups in total. The largest absolute Gasteiger partial charge is 0.374 e. The second-order valence-corrected chi connectivity index (χ2v) is 6.24. The standard InChI is InChI=1S/C14H20ClN3O2S/c15-11-1-3-13(4-2-11)21-8-6-17-14(19)18-10-12-9-16-5-7-20-12/h1-4,12,16H,5-10H2,(H2,17,18,19). The van der Waals surface area contributed by atoms with E-state index < -0.39 is 0 Å². The van der Waals surface area contributed by atoms with Gasteiger partial charge in [-0.2, -0.15) is 0 Å². The first-order valence-electron chi connectivity index (χ1n) is 6.96. The molecule has 1 unspecified atom stereocenters. The van der Waals surface area contributed by atoms with Gasteiger partial charge in [0.25, 0.3) is 0 Å². The minimum absolute atomic E-state index is 0.0629. The van der Waals surface area contributed by atoms with Crippen molar-refractivity contribution in [3.05, 3.63) is 29.3 Å². The normalized spacial score (nSPS) is 18.2. The summed E-state index contributed by atoms with van der Waals surface area (Å²) in [4.78, 5) is 12.8. The van der Waals surface area contributed by atoms with Gasteiger partial charge in [0.2, 0.25) is 0 Å². The number of halogens is 1. The van der Waals surface area contributed by atoms with Crippen LogP contribution in [0.4, 0.5) is 4.79 Å². The van der Waals surface area contributed by atoms with Crippen LogP contribution in [-0.2, 0) is 4.74 Å². The first-order chi connectivity index (χ1) is 10.2. The predicted molar refractivity (Wildman–Crippen MR) is 86.2 cm³/mol. The lowest BCUT2D eigenvalue weighted by Gasteiger charge is -2.23. The monoisotopic (exact) mass is 329 g/mol. The number of carbonyl (C=O) groups excluding carboxylic acids is 1. The van der Waals surface area contributed by atoms with Gasteiger partial charge in [-0.3, -0.25) is 0 Å². The Morgan fingerprint density at radius 2 is 2.19 bits per heavy atom. The quantitative estimate of drug-likeness (QED) is 0.549. The molecule has 1 heterocycles. The van der Waals surface area contributed by atoms with Crippen LogP contribution in [0.1, 0.15) is 0 Å². The summed E-state index contributed by atoms with van der Waals surface area (Å²) in [6.45, 7) is 3.51. The third-order valence-corrected chi connectivity index (χ3v) is 4.23. The summed E-state index contributed by atoms with van der Waals surface area (Å²) in [5.74, 6) is 0.816. The van der Waals surface area contributed by atoms with Gasteiger partial charge in [-0.05, 0) is 24.3 Å². The molecular formula is C14H20ClN3O2S.